The second-order valence-corrected chi connectivity index (χ2v) is 4.61. The molecule has 1 aliphatic rings. The van der Waals surface area contributed by atoms with E-state index in [4.69, 9.17) is 4.42 Å². The summed E-state index contributed by atoms with van der Waals surface area (Å²) in [6.07, 6.45) is -1.23. The van der Waals surface area contributed by atoms with Gasteiger partial charge in [0.05, 0.1) is 12.8 Å². The number of furan rings is 1. The van der Waals surface area contributed by atoms with E-state index >= 15 is 0 Å². The number of nitrogens with one attached hydrogen (secondary N) is 1. The summed E-state index contributed by atoms with van der Waals surface area (Å²) in [5, 5.41) is 3.00. The molecule has 106 valence electrons. The van der Waals surface area contributed by atoms with E-state index in [1.165, 1.54) is 6.08 Å². The molecule has 0 saturated carbocycles. The minimum Gasteiger partial charge on any atom is -0.468 e. The van der Waals surface area contributed by atoms with Crippen LogP contribution in [0.5, 0.6) is 0 Å². The van der Waals surface area contributed by atoms with Crippen molar-refractivity contribution in [1.82, 2.24) is 10.2 Å². The topological polar surface area (TPSA) is 28.4 Å². The maximum atomic E-state index is 12.5. The highest BCUT2D eigenvalue weighted by atomic mass is 19.4. The molecule has 0 spiro atoms. The fourth-order valence-electron chi connectivity index (χ4n) is 2.18. The van der Waals surface area contributed by atoms with Crippen LogP contribution in [0.25, 0.3) is 0 Å². The summed E-state index contributed by atoms with van der Waals surface area (Å²) < 4.78 is 42.8. The Balaban J connectivity index is 1.95. The predicted molar refractivity (Wildman–Crippen MR) is 65.5 cm³/mol. The van der Waals surface area contributed by atoms with Crippen molar-refractivity contribution in [3.05, 3.63) is 35.3 Å². The molecule has 0 unspecified atom stereocenters. The highest BCUT2D eigenvalue weighted by molar-refractivity contribution is 5.19. The molecule has 0 aromatic carbocycles. The second kappa shape index (κ2) is 5.79. The van der Waals surface area contributed by atoms with Crippen molar-refractivity contribution in [2.75, 3.05) is 20.1 Å². The van der Waals surface area contributed by atoms with Crippen LogP contribution >= 0.6 is 0 Å². The highest BCUT2D eigenvalue weighted by Crippen LogP contribution is 2.30. The summed E-state index contributed by atoms with van der Waals surface area (Å²) in [5.74, 6) is 0.841. The number of hydrogen-bond acceptors (Lipinski definition) is 3. The molecule has 0 fully saturated rings. The lowest BCUT2D eigenvalue weighted by Gasteiger charge is -2.27. The summed E-state index contributed by atoms with van der Waals surface area (Å²) in [6, 6.07) is 1.87. The van der Waals surface area contributed by atoms with E-state index in [-0.39, 0.29) is 6.42 Å². The van der Waals surface area contributed by atoms with Crippen LogP contribution in [-0.2, 0) is 13.1 Å². The predicted octanol–water partition coefficient (Wildman–Crippen LogP) is 2.69. The van der Waals surface area contributed by atoms with Gasteiger partial charge in [-0.1, -0.05) is 6.08 Å². The molecule has 1 N–H and O–H groups in total. The van der Waals surface area contributed by atoms with E-state index < -0.39 is 11.7 Å². The van der Waals surface area contributed by atoms with Crippen LogP contribution in [-0.4, -0.2) is 31.2 Å². The Morgan fingerprint density at radius 2 is 2.21 bits per heavy atom. The van der Waals surface area contributed by atoms with Gasteiger partial charge < -0.3 is 9.73 Å². The third-order valence-electron chi connectivity index (χ3n) is 3.23. The summed E-state index contributed by atoms with van der Waals surface area (Å²) in [4.78, 5) is 1.99. The van der Waals surface area contributed by atoms with Gasteiger partial charge in [0.15, 0.2) is 0 Å². The largest absolute Gasteiger partial charge is 0.468 e. The molecule has 6 heteroatoms. The van der Waals surface area contributed by atoms with Gasteiger partial charge in [-0.05, 0) is 19.5 Å². The lowest BCUT2D eigenvalue weighted by atomic mass is 10.1. The molecule has 0 saturated heterocycles. The third kappa shape index (κ3) is 3.61. The van der Waals surface area contributed by atoms with Crippen LogP contribution in [0.15, 0.2) is 28.4 Å². The molecular formula is C13H17F3N2O. The van der Waals surface area contributed by atoms with Gasteiger partial charge in [-0.2, -0.15) is 13.2 Å². The van der Waals surface area contributed by atoms with Crippen LogP contribution in [0.1, 0.15) is 17.7 Å². The molecule has 2 rings (SSSR count). The lowest BCUT2D eigenvalue weighted by molar-refractivity contribution is -0.0960. The Morgan fingerprint density at radius 3 is 2.79 bits per heavy atom. The normalized spacial score (nSPS) is 17.6. The van der Waals surface area contributed by atoms with Crippen LogP contribution in [0, 0.1) is 0 Å². The Labute approximate surface area is 110 Å². The standard InChI is InChI=1S/C13H17F3N2O/c1-17-8-12-10(4-7-19-12)9-18-5-2-11(3-6-18)13(14,15)16/h2,4,7,17H,3,5-6,8-9H2,1H3. The van der Waals surface area contributed by atoms with Crippen molar-refractivity contribution in [2.45, 2.75) is 25.7 Å². The van der Waals surface area contributed by atoms with Crippen molar-refractivity contribution in [3.63, 3.8) is 0 Å². The average Bonchev–Trinajstić information content (AvgIpc) is 2.77. The smallest absolute Gasteiger partial charge is 0.412 e. The first-order valence-corrected chi connectivity index (χ1v) is 6.19. The molecule has 3 nitrogen and oxygen atoms in total. The van der Waals surface area contributed by atoms with Gasteiger partial charge >= 0.3 is 6.18 Å². The number of alkyl halides is 3. The fourth-order valence-corrected chi connectivity index (χ4v) is 2.18. The molecule has 0 bridgehead atoms. The molecule has 0 amide bonds. The Bertz CT molecular complexity index is 451. The zero-order chi connectivity index (χ0) is 13.9. The second-order valence-electron chi connectivity index (χ2n) is 4.61. The molecule has 0 radical (unpaired) electrons. The van der Waals surface area contributed by atoms with Gasteiger partial charge in [0.1, 0.15) is 5.76 Å². The Morgan fingerprint density at radius 1 is 1.42 bits per heavy atom. The van der Waals surface area contributed by atoms with Crippen LogP contribution in [0.2, 0.25) is 0 Å². The summed E-state index contributed by atoms with van der Waals surface area (Å²) in [6.45, 7) is 2.00. The molecule has 1 aliphatic heterocycles. The first-order valence-electron chi connectivity index (χ1n) is 6.19. The Hall–Kier alpha value is -1.27. The Kier molecular flexibility index (Phi) is 4.31. The van der Waals surface area contributed by atoms with E-state index in [2.05, 4.69) is 5.32 Å². The molecule has 19 heavy (non-hydrogen) atoms. The maximum absolute atomic E-state index is 12.5. The number of halogens is 3. The zero-order valence-corrected chi connectivity index (χ0v) is 10.8. The minimum atomic E-state index is -4.18. The maximum Gasteiger partial charge on any atom is 0.412 e. The first-order chi connectivity index (χ1) is 9.00. The number of nitrogens with zero attached hydrogens (tertiary/aromatic N) is 1. The van der Waals surface area contributed by atoms with Crippen LogP contribution < -0.4 is 5.32 Å². The van der Waals surface area contributed by atoms with Gasteiger partial charge in [-0.15, -0.1) is 0 Å². The van der Waals surface area contributed by atoms with E-state index in [1.54, 1.807) is 6.26 Å². The average molecular weight is 274 g/mol. The first kappa shape index (κ1) is 14.1. The lowest BCUT2D eigenvalue weighted by Crippen LogP contribution is -2.31. The van der Waals surface area contributed by atoms with Gasteiger partial charge in [0, 0.05) is 30.8 Å². The number of hydrogen-bond donors (Lipinski definition) is 1. The molecule has 0 aliphatic carbocycles. The zero-order valence-electron chi connectivity index (χ0n) is 10.8. The monoisotopic (exact) mass is 274 g/mol. The van der Waals surface area contributed by atoms with Gasteiger partial charge in [-0.3, -0.25) is 4.90 Å². The van der Waals surface area contributed by atoms with Crippen molar-refractivity contribution >= 4 is 0 Å². The van der Waals surface area contributed by atoms with E-state index in [1.807, 2.05) is 18.0 Å². The van der Waals surface area contributed by atoms with Gasteiger partial charge in [-0.25, -0.2) is 0 Å². The van der Waals surface area contributed by atoms with Crippen molar-refractivity contribution in [3.8, 4) is 0 Å². The molecule has 1 aromatic rings. The van der Waals surface area contributed by atoms with E-state index in [9.17, 15) is 13.2 Å². The summed E-state index contributed by atoms with van der Waals surface area (Å²) in [5.41, 5.74) is 0.615. The summed E-state index contributed by atoms with van der Waals surface area (Å²) >= 11 is 0. The molecule has 1 aromatic heterocycles. The molecular weight excluding hydrogens is 257 g/mol. The van der Waals surface area contributed by atoms with Gasteiger partial charge in [0.2, 0.25) is 0 Å². The van der Waals surface area contributed by atoms with Crippen LogP contribution in [0.3, 0.4) is 0 Å². The molecule has 2 heterocycles. The van der Waals surface area contributed by atoms with E-state index in [0.717, 1.165) is 11.3 Å². The minimum absolute atomic E-state index is 0.0582. The van der Waals surface area contributed by atoms with E-state index in [0.29, 0.717) is 26.2 Å². The SMILES string of the molecule is CNCc1occc1CN1CC=C(C(F)(F)F)CC1. The van der Waals surface area contributed by atoms with Crippen molar-refractivity contribution in [2.24, 2.45) is 0 Å². The van der Waals surface area contributed by atoms with Crippen molar-refractivity contribution in [1.29, 1.82) is 0 Å². The quantitative estimate of drug-likeness (QED) is 0.856. The van der Waals surface area contributed by atoms with Gasteiger partial charge in [0.25, 0.3) is 0 Å². The fraction of sp³-hybridized carbons (Fsp3) is 0.538. The van der Waals surface area contributed by atoms with Crippen LogP contribution in [0.4, 0.5) is 13.2 Å². The third-order valence-corrected chi connectivity index (χ3v) is 3.23. The van der Waals surface area contributed by atoms with Crippen molar-refractivity contribution < 1.29 is 17.6 Å². The summed E-state index contributed by atoms with van der Waals surface area (Å²) in [7, 11) is 1.82. The number of rotatable bonds is 4. The molecule has 0 atom stereocenters. The highest BCUT2D eigenvalue weighted by Gasteiger charge is 2.34.